The number of ether oxygens (including phenoxy) is 22. The number of hydrogen-bond acceptors (Lipinski definition) is 26. The van der Waals surface area contributed by atoms with Crippen LogP contribution in [-0.4, -0.2) is 333 Å². The normalized spacial score (nSPS) is 16.4. The highest BCUT2D eigenvalue weighted by Gasteiger charge is 2.24. The molecule has 0 aromatic heterocycles. The highest BCUT2D eigenvalue weighted by Crippen LogP contribution is 2.11. The van der Waals surface area contributed by atoms with Gasteiger partial charge in [-0.05, 0) is 20.3 Å². The van der Waals surface area contributed by atoms with Crippen LogP contribution in [0.5, 0.6) is 0 Å². The first kappa shape index (κ1) is 85.7. The second-order valence-electron chi connectivity index (χ2n) is 20.0. The monoisotopic (exact) mass is 1280 g/mol. The summed E-state index contributed by atoms with van der Waals surface area (Å²) < 4.78 is 129. The molecule has 88 heavy (non-hydrogen) atoms. The lowest BCUT2D eigenvalue weighted by Gasteiger charge is -2.27. The fraction of sp³-hybridized carbons (Fsp3) is 0.839. The largest absolute Gasteiger partial charge is 0.394 e. The average Bonchev–Trinajstić information content (AvgIpc) is 3.54. The lowest BCUT2D eigenvalue weighted by atomic mass is 10.3. The predicted molar refractivity (Wildman–Crippen MR) is 328 cm³/mol. The van der Waals surface area contributed by atoms with Crippen LogP contribution in [0.1, 0.15) is 27.2 Å². The molecule has 520 valence electrons. The van der Waals surface area contributed by atoms with Gasteiger partial charge in [0.2, 0.25) is 0 Å². The van der Waals surface area contributed by atoms with Gasteiger partial charge in [0.25, 0.3) is 0 Å². The molecule has 26 nitrogen and oxygen atoms in total. The Labute approximate surface area is 525 Å². The summed E-state index contributed by atoms with van der Waals surface area (Å²) in [6.45, 7) is 28.6. The molecule has 0 aromatic rings. The molecule has 0 saturated heterocycles. The third-order valence-electron chi connectivity index (χ3n) is 11.9. The topological polar surface area (TPSA) is 284 Å². The van der Waals surface area contributed by atoms with Crippen molar-refractivity contribution in [3.05, 3.63) is 63.3 Å². The van der Waals surface area contributed by atoms with Crippen molar-refractivity contribution in [2.75, 3.05) is 233 Å². The van der Waals surface area contributed by atoms with Gasteiger partial charge in [0.1, 0.15) is 73.2 Å². The SMILES string of the molecule is C=CCOCC(COC(COCC(O)COCC(COCC)OCC=C)COCC(COC(COCC(CO)OCC(O)COCC(O)COCC(COC)OCC=C)COC(CC)COCC(COC)OCC=C)OCC(COCC=C)OCC)OC. The van der Waals surface area contributed by atoms with E-state index in [2.05, 4.69) is 32.9 Å². The number of rotatable bonds is 72. The zero-order chi connectivity index (χ0) is 64.9. The van der Waals surface area contributed by atoms with Crippen LogP contribution < -0.4 is 0 Å². The quantitative estimate of drug-likeness (QED) is 0.0502. The van der Waals surface area contributed by atoms with Gasteiger partial charge < -0.3 is 125 Å². The highest BCUT2D eigenvalue weighted by atomic mass is 16.6. The molecule has 26 heteroatoms. The molecule has 0 aliphatic heterocycles. The van der Waals surface area contributed by atoms with Gasteiger partial charge in [0.15, 0.2) is 0 Å². The third-order valence-corrected chi connectivity index (χ3v) is 11.9. The lowest BCUT2D eigenvalue weighted by Crippen LogP contribution is -2.38. The maximum Gasteiger partial charge on any atom is 0.104 e. The Bertz CT molecular complexity index is 1540. The van der Waals surface area contributed by atoms with Gasteiger partial charge in [-0.3, -0.25) is 0 Å². The van der Waals surface area contributed by atoms with Crippen molar-refractivity contribution in [3.63, 3.8) is 0 Å². The second kappa shape index (κ2) is 63.4. The summed E-state index contributed by atoms with van der Waals surface area (Å²) >= 11 is 0. The molecule has 0 amide bonds. The molecule has 0 aliphatic carbocycles. The average molecular weight is 1280 g/mol. The van der Waals surface area contributed by atoms with E-state index in [9.17, 15) is 20.4 Å². The molecule has 0 aromatic carbocycles. The molecule has 0 rings (SSSR count). The van der Waals surface area contributed by atoms with Crippen LogP contribution in [0, 0.1) is 0 Å². The van der Waals surface area contributed by atoms with E-state index >= 15 is 0 Å². The first-order chi connectivity index (χ1) is 42.9. The Morgan fingerprint density at radius 3 is 0.932 bits per heavy atom. The van der Waals surface area contributed by atoms with Gasteiger partial charge in [-0.25, -0.2) is 0 Å². The Hall–Kier alpha value is -2.34. The number of hydrogen-bond donors (Lipinski definition) is 4. The van der Waals surface area contributed by atoms with Crippen molar-refractivity contribution in [2.24, 2.45) is 0 Å². The molecular formula is C62H116O26. The van der Waals surface area contributed by atoms with Crippen LogP contribution in [0.15, 0.2) is 63.3 Å². The van der Waals surface area contributed by atoms with Crippen molar-refractivity contribution in [1.29, 1.82) is 0 Å². The van der Waals surface area contributed by atoms with E-state index in [1.54, 1.807) is 51.7 Å². The van der Waals surface area contributed by atoms with E-state index in [1.807, 2.05) is 20.8 Å². The molecule has 0 radical (unpaired) electrons. The van der Waals surface area contributed by atoms with Crippen LogP contribution in [0.25, 0.3) is 0 Å². The van der Waals surface area contributed by atoms with Gasteiger partial charge in [-0.15, -0.1) is 32.9 Å². The van der Waals surface area contributed by atoms with Gasteiger partial charge >= 0.3 is 0 Å². The number of aliphatic hydroxyl groups excluding tert-OH is 4. The maximum atomic E-state index is 10.8. The summed E-state index contributed by atoms with van der Waals surface area (Å²) in [5.41, 5.74) is 0. The van der Waals surface area contributed by atoms with Crippen LogP contribution in [0.2, 0.25) is 0 Å². The molecule has 0 spiro atoms. The molecule has 4 N–H and O–H groups in total. The molecule has 13 atom stereocenters. The minimum Gasteiger partial charge on any atom is -0.394 e. The summed E-state index contributed by atoms with van der Waals surface area (Å²) in [6.07, 6.45) is 0.814. The Kier molecular flexibility index (Phi) is 61.7. The van der Waals surface area contributed by atoms with Crippen molar-refractivity contribution in [1.82, 2.24) is 0 Å². The molecule has 0 bridgehead atoms. The van der Waals surface area contributed by atoms with E-state index in [0.717, 1.165) is 0 Å². The number of aliphatic hydroxyl groups is 4. The minimum absolute atomic E-state index is 0.00709. The molecular weight excluding hydrogens is 1160 g/mol. The minimum atomic E-state index is -1.08. The van der Waals surface area contributed by atoms with Gasteiger partial charge in [0, 0.05) is 34.5 Å². The molecule has 0 fully saturated rings. The second-order valence-corrected chi connectivity index (χ2v) is 20.0. The van der Waals surface area contributed by atoms with Crippen LogP contribution >= 0.6 is 0 Å². The van der Waals surface area contributed by atoms with Gasteiger partial charge in [-0.2, -0.15) is 0 Å². The predicted octanol–water partition coefficient (Wildman–Crippen LogP) is 2.38. The summed E-state index contributed by atoms with van der Waals surface area (Å²) in [7, 11) is 4.71. The molecule has 0 aliphatic rings. The Morgan fingerprint density at radius 1 is 0.273 bits per heavy atom. The number of methoxy groups -OCH3 is 3. The summed E-state index contributed by atoms with van der Waals surface area (Å²) in [4.78, 5) is 0. The van der Waals surface area contributed by atoms with Gasteiger partial charge in [0.05, 0.1) is 204 Å². The molecule has 13 unspecified atom stereocenters. The van der Waals surface area contributed by atoms with E-state index in [-0.39, 0.29) is 163 Å². The van der Waals surface area contributed by atoms with E-state index in [4.69, 9.17) is 104 Å². The summed E-state index contributed by atoms with van der Waals surface area (Å²) in [5.74, 6) is 0. The summed E-state index contributed by atoms with van der Waals surface area (Å²) in [5, 5.41) is 42.1. The van der Waals surface area contributed by atoms with Crippen molar-refractivity contribution < 1.29 is 125 Å². The standard InChI is InChI=1S/C62H116O26/c1-12-20-71-36-55(69-11)46-86-59(42-76-29-51(65)28-75-41-58(37-70-18-7)83-24-16-5)43-79-45-62(87-47-60(80-19-8)38-72-21-13-2)49-88-61(48-85-53(17-6)34-77-40-57(33-68-10)82-23-15-4)44-78-35-54(25-63)84-31-52(66)30-73-26-50(64)27-74-39-56(32-67-9)81-22-14-3/h12-16,50-66H,1-5,17-49H2,6-11H3. The molecule has 0 saturated carbocycles. The smallest absolute Gasteiger partial charge is 0.104 e. The van der Waals surface area contributed by atoms with Crippen LogP contribution in [-0.2, 0) is 104 Å². The summed E-state index contributed by atoms with van der Waals surface area (Å²) in [6, 6.07) is 0. The first-order valence-electron chi connectivity index (χ1n) is 30.4. The van der Waals surface area contributed by atoms with Crippen molar-refractivity contribution in [3.8, 4) is 0 Å². The highest BCUT2D eigenvalue weighted by molar-refractivity contribution is 4.73. The first-order valence-corrected chi connectivity index (χ1v) is 30.4. The third kappa shape index (κ3) is 51.2. The zero-order valence-corrected chi connectivity index (χ0v) is 54.0. The maximum absolute atomic E-state index is 10.8. The van der Waals surface area contributed by atoms with E-state index in [0.29, 0.717) is 72.5 Å². The van der Waals surface area contributed by atoms with Crippen LogP contribution in [0.3, 0.4) is 0 Å². The zero-order valence-electron chi connectivity index (χ0n) is 54.0. The van der Waals surface area contributed by atoms with E-state index in [1.165, 1.54) is 0 Å². The molecule has 0 heterocycles. The van der Waals surface area contributed by atoms with E-state index < -0.39 is 61.5 Å². The van der Waals surface area contributed by atoms with Crippen LogP contribution in [0.4, 0.5) is 0 Å². The Balaban J connectivity index is 6.29. The fourth-order valence-electron chi connectivity index (χ4n) is 7.37. The van der Waals surface area contributed by atoms with Gasteiger partial charge in [-0.1, -0.05) is 37.3 Å². The van der Waals surface area contributed by atoms with Crippen molar-refractivity contribution >= 4 is 0 Å². The lowest BCUT2D eigenvalue weighted by molar-refractivity contribution is -0.151. The fourth-order valence-corrected chi connectivity index (χ4v) is 7.37. The Morgan fingerprint density at radius 2 is 0.557 bits per heavy atom. The van der Waals surface area contributed by atoms with Crippen molar-refractivity contribution in [2.45, 2.75) is 107 Å².